The SMILES string of the molecule is Cc1nn(C)c(NC(=O)C(C)N2CCc3ccccc3C2)c1C. The van der Waals surface area contributed by atoms with Gasteiger partial charge in [0.25, 0.3) is 0 Å². The number of benzene rings is 1. The van der Waals surface area contributed by atoms with Crippen molar-refractivity contribution in [3.63, 3.8) is 0 Å². The van der Waals surface area contributed by atoms with Gasteiger partial charge in [0.1, 0.15) is 5.82 Å². The summed E-state index contributed by atoms with van der Waals surface area (Å²) < 4.78 is 1.74. The molecule has 0 spiro atoms. The molecule has 1 aromatic heterocycles. The van der Waals surface area contributed by atoms with E-state index in [0.29, 0.717) is 0 Å². The minimum absolute atomic E-state index is 0.0236. The second-order valence-corrected chi connectivity index (χ2v) is 6.34. The van der Waals surface area contributed by atoms with E-state index in [1.54, 1.807) is 4.68 Å². The van der Waals surface area contributed by atoms with E-state index in [-0.39, 0.29) is 11.9 Å². The molecule has 23 heavy (non-hydrogen) atoms. The number of carbonyl (C=O) groups is 1. The van der Waals surface area contributed by atoms with Crippen LogP contribution in [0.2, 0.25) is 0 Å². The minimum Gasteiger partial charge on any atom is -0.309 e. The van der Waals surface area contributed by atoms with Gasteiger partial charge in [-0.2, -0.15) is 5.10 Å². The first kappa shape index (κ1) is 15.7. The summed E-state index contributed by atoms with van der Waals surface area (Å²) in [7, 11) is 1.86. The number of fused-ring (bicyclic) bond motifs is 1. The van der Waals surface area contributed by atoms with Gasteiger partial charge in [0.05, 0.1) is 11.7 Å². The van der Waals surface area contributed by atoms with Gasteiger partial charge in [0.2, 0.25) is 5.91 Å². The topological polar surface area (TPSA) is 50.2 Å². The maximum Gasteiger partial charge on any atom is 0.242 e. The predicted molar refractivity (Wildman–Crippen MR) is 91.3 cm³/mol. The number of nitrogens with one attached hydrogen (secondary N) is 1. The smallest absolute Gasteiger partial charge is 0.242 e. The monoisotopic (exact) mass is 312 g/mol. The van der Waals surface area contributed by atoms with Gasteiger partial charge in [-0.05, 0) is 38.3 Å². The molecule has 1 aliphatic rings. The third-order valence-electron chi connectivity index (χ3n) is 4.85. The molecule has 3 rings (SSSR count). The highest BCUT2D eigenvalue weighted by molar-refractivity contribution is 5.94. The first-order valence-corrected chi connectivity index (χ1v) is 8.09. The van der Waals surface area contributed by atoms with Crippen molar-refractivity contribution < 1.29 is 4.79 Å². The second-order valence-electron chi connectivity index (χ2n) is 6.34. The number of aromatic nitrogens is 2. The lowest BCUT2D eigenvalue weighted by Gasteiger charge is -2.32. The number of nitrogens with zero attached hydrogens (tertiary/aromatic N) is 3. The molecule has 2 aromatic rings. The summed E-state index contributed by atoms with van der Waals surface area (Å²) >= 11 is 0. The number of carbonyl (C=O) groups excluding carboxylic acids is 1. The van der Waals surface area contributed by atoms with E-state index in [2.05, 4.69) is 39.6 Å². The fourth-order valence-electron chi connectivity index (χ4n) is 3.17. The molecule has 1 aliphatic heterocycles. The van der Waals surface area contributed by atoms with Crippen molar-refractivity contribution in [3.05, 3.63) is 46.6 Å². The van der Waals surface area contributed by atoms with Gasteiger partial charge >= 0.3 is 0 Å². The Balaban J connectivity index is 1.71. The molecule has 5 heteroatoms. The van der Waals surface area contributed by atoms with Crippen LogP contribution in [0, 0.1) is 13.8 Å². The lowest BCUT2D eigenvalue weighted by Crippen LogP contribution is -2.44. The molecule has 0 aliphatic carbocycles. The number of aryl methyl sites for hydroxylation is 2. The third-order valence-corrected chi connectivity index (χ3v) is 4.85. The Morgan fingerprint density at radius 2 is 1.96 bits per heavy atom. The zero-order chi connectivity index (χ0) is 16.6. The van der Waals surface area contributed by atoms with Crippen molar-refractivity contribution in [2.45, 2.75) is 39.8 Å². The summed E-state index contributed by atoms with van der Waals surface area (Å²) in [5, 5.41) is 7.39. The molecule has 0 saturated heterocycles. The summed E-state index contributed by atoms with van der Waals surface area (Å²) in [6, 6.07) is 8.31. The molecular formula is C18H24N4O. The van der Waals surface area contributed by atoms with E-state index in [1.807, 2.05) is 27.8 Å². The Morgan fingerprint density at radius 3 is 2.61 bits per heavy atom. The Morgan fingerprint density at radius 1 is 1.26 bits per heavy atom. The van der Waals surface area contributed by atoms with Crippen LogP contribution in [-0.2, 0) is 24.8 Å². The fraction of sp³-hybridized carbons (Fsp3) is 0.444. The Hall–Kier alpha value is -2.14. The normalized spacial score (nSPS) is 16.0. The van der Waals surface area contributed by atoms with Crippen molar-refractivity contribution in [1.29, 1.82) is 0 Å². The minimum atomic E-state index is -0.169. The summed E-state index contributed by atoms with van der Waals surface area (Å²) in [4.78, 5) is 14.9. The van der Waals surface area contributed by atoms with Crippen LogP contribution in [0.5, 0.6) is 0 Å². The largest absolute Gasteiger partial charge is 0.309 e. The van der Waals surface area contributed by atoms with Crippen molar-refractivity contribution in [2.24, 2.45) is 7.05 Å². The van der Waals surface area contributed by atoms with Crippen LogP contribution in [-0.4, -0.2) is 33.2 Å². The number of anilines is 1. The van der Waals surface area contributed by atoms with E-state index < -0.39 is 0 Å². The zero-order valence-corrected chi connectivity index (χ0v) is 14.3. The lowest BCUT2D eigenvalue weighted by molar-refractivity contribution is -0.121. The molecule has 1 N–H and O–H groups in total. The van der Waals surface area contributed by atoms with E-state index in [0.717, 1.165) is 36.6 Å². The summed E-state index contributed by atoms with van der Waals surface area (Å²) in [6.45, 7) is 7.65. The van der Waals surface area contributed by atoms with Crippen LogP contribution >= 0.6 is 0 Å². The maximum absolute atomic E-state index is 12.6. The van der Waals surface area contributed by atoms with Crippen molar-refractivity contribution in [3.8, 4) is 0 Å². The first-order valence-electron chi connectivity index (χ1n) is 8.09. The molecule has 1 atom stereocenters. The fourth-order valence-corrected chi connectivity index (χ4v) is 3.17. The lowest BCUT2D eigenvalue weighted by atomic mass is 9.99. The molecule has 0 radical (unpaired) electrons. The zero-order valence-electron chi connectivity index (χ0n) is 14.3. The van der Waals surface area contributed by atoms with Gasteiger partial charge in [-0.25, -0.2) is 0 Å². The van der Waals surface area contributed by atoms with Crippen molar-refractivity contribution in [1.82, 2.24) is 14.7 Å². The average molecular weight is 312 g/mol. The Kier molecular flexibility index (Phi) is 4.22. The van der Waals surface area contributed by atoms with Gasteiger partial charge < -0.3 is 5.32 Å². The number of rotatable bonds is 3. The molecule has 1 unspecified atom stereocenters. The van der Waals surface area contributed by atoms with E-state index in [9.17, 15) is 4.79 Å². The molecule has 5 nitrogen and oxygen atoms in total. The Labute approximate surface area is 137 Å². The van der Waals surface area contributed by atoms with Gasteiger partial charge in [-0.1, -0.05) is 24.3 Å². The molecule has 1 amide bonds. The highest BCUT2D eigenvalue weighted by Crippen LogP contribution is 2.22. The molecule has 122 valence electrons. The summed E-state index contributed by atoms with van der Waals surface area (Å²) in [5.74, 6) is 0.812. The highest BCUT2D eigenvalue weighted by atomic mass is 16.2. The van der Waals surface area contributed by atoms with Crippen LogP contribution in [0.4, 0.5) is 5.82 Å². The molecule has 0 saturated carbocycles. The molecule has 1 aromatic carbocycles. The molecule has 0 fully saturated rings. The number of hydrogen-bond acceptors (Lipinski definition) is 3. The highest BCUT2D eigenvalue weighted by Gasteiger charge is 2.26. The van der Waals surface area contributed by atoms with E-state index >= 15 is 0 Å². The number of amides is 1. The van der Waals surface area contributed by atoms with Crippen molar-refractivity contribution in [2.75, 3.05) is 11.9 Å². The summed E-state index contributed by atoms with van der Waals surface area (Å²) in [5.41, 5.74) is 4.69. The molecule has 0 bridgehead atoms. The van der Waals surface area contributed by atoms with Gasteiger partial charge in [0, 0.05) is 25.7 Å². The van der Waals surface area contributed by atoms with Gasteiger partial charge in [-0.15, -0.1) is 0 Å². The van der Waals surface area contributed by atoms with Crippen LogP contribution in [0.1, 0.15) is 29.3 Å². The third kappa shape index (κ3) is 3.01. The molecule has 2 heterocycles. The van der Waals surface area contributed by atoms with Crippen molar-refractivity contribution >= 4 is 11.7 Å². The predicted octanol–water partition coefficient (Wildman–Crippen LogP) is 2.42. The number of hydrogen-bond donors (Lipinski definition) is 1. The quantitative estimate of drug-likeness (QED) is 0.947. The standard InChI is InChI=1S/C18H24N4O/c1-12-13(2)20-21(4)17(12)19-18(23)14(3)22-10-9-15-7-5-6-8-16(15)11-22/h5-8,14H,9-11H2,1-4H3,(H,19,23). The average Bonchev–Trinajstić information content (AvgIpc) is 2.80. The Bertz CT molecular complexity index is 735. The van der Waals surface area contributed by atoms with Gasteiger partial charge in [0.15, 0.2) is 0 Å². The second kappa shape index (κ2) is 6.16. The van der Waals surface area contributed by atoms with Crippen LogP contribution in [0.3, 0.4) is 0 Å². The van der Waals surface area contributed by atoms with Crippen LogP contribution in [0.25, 0.3) is 0 Å². The van der Waals surface area contributed by atoms with Gasteiger partial charge in [-0.3, -0.25) is 14.4 Å². The van der Waals surface area contributed by atoms with E-state index in [4.69, 9.17) is 0 Å². The summed E-state index contributed by atoms with van der Waals surface area (Å²) in [6.07, 6.45) is 0.998. The maximum atomic E-state index is 12.6. The van der Waals surface area contributed by atoms with Crippen LogP contribution in [0.15, 0.2) is 24.3 Å². The van der Waals surface area contributed by atoms with Crippen LogP contribution < -0.4 is 5.32 Å². The first-order chi connectivity index (χ1) is 11.0. The molecular weight excluding hydrogens is 288 g/mol. The van der Waals surface area contributed by atoms with E-state index in [1.165, 1.54) is 11.1 Å².